The number of halogens is 3. The van der Waals surface area contributed by atoms with Gasteiger partial charge in [-0.25, -0.2) is 0 Å². The maximum absolute atomic E-state index is 12.4. The molecule has 1 aliphatic rings. The first-order valence-corrected chi connectivity index (χ1v) is 6.63. The van der Waals surface area contributed by atoms with Gasteiger partial charge >= 0.3 is 6.18 Å². The summed E-state index contributed by atoms with van der Waals surface area (Å²) < 4.78 is 37.3. The Labute approximate surface area is 119 Å². The van der Waals surface area contributed by atoms with Crippen LogP contribution in [0.3, 0.4) is 0 Å². The lowest BCUT2D eigenvalue weighted by molar-refractivity contribution is -0.137. The quantitative estimate of drug-likeness (QED) is 0.779. The lowest BCUT2D eigenvalue weighted by Crippen LogP contribution is -2.51. The first kappa shape index (κ1) is 15.8. The van der Waals surface area contributed by atoms with Crippen molar-refractivity contribution in [3.05, 3.63) is 35.4 Å². The van der Waals surface area contributed by atoms with Crippen molar-refractivity contribution in [3.63, 3.8) is 0 Å². The molecule has 2 rings (SSSR count). The number of aliphatic hydroxyl groups excluding tert-OH is 2. The predicted molar refractivity (Wildman–Crippen MR) is 68.6 cm³/mol. The molecule has 0 saturated heterocycles. The van der Waals surface area contributed by atoms with Crippen molar-refractivity contribution in [1.29, 1.82) is 0 Å². The fraction of sp³-hybridized carbons (Fsp3) is 0.500. The van der Waals surface area contributed by atoms with Crippen molar-refractivity contribution in [2.45, 2.75) is 43.7 Å². The summed E-state index contributed by atoms with van der Waals surface area (Å²) in [6.45, 7) is 0. The Morgan fingerprint density at radius 2 is 1.76 bits per heavy atom. The summed E-state index contributed by atoms with van der Waals surface area (Å²) in [6.07, 6.45) is -4.75. The largest absolute Gasteiger partial charge is 0.416 e. The number of aliphatic hydroxyl groups is 2. The maximum Gasteiger partial charge on any atom is 0.416 e. The third-order valence-corrected chi connectivity index (χ3v) is 3.61. The topological polar surface area (TPSA) is 69.6 Å². The molecule has 0 unspecified atom stereocenters. The van der Waals surface area contributed by atoms with Gasteiger partial charge in [0.25, 0.3) is 5.91 Å². The van der Waals surface area contributed by atoms with E-state index in [4.69, 9.17) is 0 Å². The fourth-order valence-corrected chi connectivity index (χ4v) is 2.38. The Morgan fingerprint density at radius 1 is 1.14 bits per heavy atom. The number of amides is 1. The summed E-state index contributed by atoms with van der Waals surface area (Å²) in [4.78, 5) is 11.9. The molecule has 4 nitrogen and oxygen atoms in total. The zero-order valence-electron chi connectivity index (χ0n) is 11.1. The second-order valence-electron chi connectivity index (χ2n) is 5.14. The molecule has 1 aliphatic carbocycles. The number of benzene rings is 1. The predicted octanol–water partition coefficient (Wildman–Crippen LogP) is 1.71. The molecule has 1 aromatic rings. The number of hydrogen-bond donors (Lipinski definition) is 3. The van der Waals surface area contributed by atoms with E-state index in [1.807, 2.05) is 0 Å². The monoisotopic (exact) mass is 303 g/mol. The first-order chi connectivity index (χ1) is 9.79. The van der Waals surface area contributed by atoms with Gasteiger partial charge in [-0.1, -0.05) is 0 Å². The highest BCUT2D eigenvalue weighted by molar-refractivity contribution is 5.94. The Bertz CT molecular complexity index is 501. The molecule has 21 heavy (non-hydrogen) atoms. The number of rotatable bonds is 2. The lowest BCUT2D eigenvalue weighted by atomic mass is 9.90. The summed E-state index contributed by atoms with van der Waals surface area (Å²) >= 11 is 0. The average molecular weight is 303 g/mol. The zero-order valence-corrected chi connectivity index (χ0v) is 11.1. The van der Waals surface area contributed by atoms with Crippen LogP contribution >= 0.6 is 0 Å². The summed E-state index contributed by atoms with van der Waals surface area (Å²) in [7, 11) is 0. The Kier molecular flexibility index (Phi) is 4.53. The van der Waals surface area contributed by atoms with Crippen molar-refractivity contribution >= 4 is 5.91 Å². The van der Waals surface area contributed by atoms with Crippen molar-refractivity contribution in [2.75, 3.05) is 0 Å². The minimum atomic E-state index is -4.45. The van der Waals surface area contributed by atoms with E-state index < -0.39 is 35.9 Å². The molecule has 1 amide bonds. The average Bonchev–Trinajstić information content (AvgIpc) is 2.43. The standard InChI is InChI=1S/C14H16F3NO3/c15-14(16,17)9-6-4-8(5-7-9)13(21)18-10-2-1-3-11(19)12(10)20/h4-7,10-12,19-20H,1-3H2,(H,18,21)/t10-,11-,12-/m1/s1. The highest BCUT2D eigenvalue weighted by atomic mass is 19.4. The van der Waals surface area contributed by atoms with Crippen LogP contribution in [-0.2, 0) is 6.18 Å². The third-order valence-electron chi connectivity index (χ3n) is 3.61. The molecule has 1 fully saturated rings. The molecule has 0 aliphatic heterocycles. The molecule has 1 saturated carbocycles. The number of alkyl halides is 3. The van der Waals surface area contributed by atoms with Gasteiger partial charge in [-0.15, -0.1) is 0 Å². The van der Waals surface area contributed by atoms with Gasteiger partial charge in [0.1, 0.15) is 0 Å². The van der Waals surface area contributed by atoms with Gasteiger partial charge in [0.05, 0.1) is 23.8 Å². The van der Waals surface area contributed by atoms with E-state index in [1.165, 1.54) is 0 Å². The van der Waals surface area contributed by atoms with E-state index in [1.54, 1.807) is 0 Å². The van der Waals surface area contributed by atoms with Crippen LogP contribution in [0.4, 0.5) is 13.2 Å². The maximum atomic E-state index is 12.4. The van der Waals surface area contributed by atoms with Crippen LogP contribution in [0.2, 0.25) is 0 Å². The van der Waals surface area contributed by atoms with E-state index in [2.05, 4.69) is 5.32 Å². The molecule has 0 aromatic heterocycles. The van der Waals surface area contributed by atoms with Crippen molar-refractivity contribution < 1.29 is 28.2 Å². The SMILES string of the molecule is O=C(N[C@@H]1CCC[C@@H](O)[C@@H]1O)c1ccc(C(F)(F)F)cc1. The van der Waals surface area contributed by atoms with E-state index in [9.17, 15) is 28.2 Å². The van der Waals surface area contributed by atoms with Gasteiger partial charge in [-0.2, -0.15) is 13.2 Å². The van der Waals surface area contributed by atoms with Crippen LogP contribution in [0.5, 0.6) is 0 Å². The van der Waals surface area contributed by atoms with Crippen LogP contribution in [0.25, 0.3) is 0 Å². The van der Waals surface area contributed by atoms with E-state index in [0.29, 0.717) is 19.3 Å². The van der Waals surface area contributed by atoms with Crippen LogP contribution in [0, 0.1) is 0 Å². The molecule has 7 heteroatoms. The highest BCUT2D eigenvalue weighted by Gasteiger charge is 2.32. The van der Waals surface area contributed by atoms with Crippen LogP contribution in [0.1, 0.15) is 35.2 Å². The number of nitrogens with one attached hydrogen (secondary N) is 1. The highest BCUT2D eigenvalue weighted by Crippen LogP contribution is 2.29. The first-order valence-electron chi connectivity index (χ1n) is 6.63. The minimum Gasteiger partial charge on any atom is -0.390 e. The molecular weight excluding hydrogens is 287 g/mol. The van der Waals surface area contributed by atoms with Crippen LogP contribution in [0.15, 0.2) is 24.3 Å². The van der Waals surface area contributed by atoms with Gasteiger partial charge in [-0.05, 0) is 43.5 Å². The molecule has 0 bridgehead atoms. The van der Waals surface area contributed by atoms with Gasteiger partial charge in [-0.3, -0.25) is 4.79 Å². The number of carbonyl (C=O) groups is 1. The number of carbonyl (C=O) groups excluding carboxylic acids is 1. The molecule has 1 aromatic carbocycles. The second-order valence-corrected chi connectivity index (χ2v) is 5.14. The number of hydrogen-bond acceptors (Lipinski definition) is 3. The smallest absolute Gasteiger partial charge is 0.390 e. The molecule has 0 spiro atoms. The summed E-state index contributed by atoms with van der Waals surface area (Å²) in [5.74, 6) is -0.568. The van der Waals surface area contributed by atoms with Crippen molar-refractivity contribution in [1.82, 2.24) is 5.32 Å². The van der Waals surface area contributed by atoms with E-state index in [0.717, 1.165) is 24.3 Å². The van der Waals surface area contributed by atoms with Gasteiger partial charge < -0.3 is 15.5 Å². The molecule has 116 valence electrons. The Morgan fingerprint density at radius 3 is 2.33 bits per heavy atom. The zero-order chi connectivity index (χ0) is 15.6. The fourth-order valence-electron chi connectivity index (χ4n) is 2.38. The third kappa shape index (κ3) is 3.74. The second kappa shape index (κ2) is 6.03. The van der Waals surface area contributed by atoms with E-state index in [-0.39, 0.29) is 5.56 Å². The molecule has 0 heterocycles. The van der Waals surface area contributed by atoms with Crippen LogP contribution < -0.4 is 5.32 Å². The summed E-state index contributed by atoms with van der Waals surface area (Å²) in [6, 6.07) is 3.25. The van der Waals surface area contributed by atoms with Crippen LogP contribution in [-0.4, -0.2) is 34.4 Å². The summed E-state index contributed by atoms with van der Waals surface area (Å²) in [5.41, 5.74) is -0.748. The lowest BCUT2D eigenvalue weighted by Gasteiger charge is -2.32. The van der Waals surface area contributed by atoms with Gasteiger partial charge in [0.15, 0.2) is 0 Å². The molecule has 0 radical (unpaired) electrons. The Balaban J connectivity index is 2.03. The normalized spacial score (nSPS) is 26.4. The van der Waals surface area contributed by atoms with Crippen molar-refractivity contribution in [2.24, 2.45) is 0 Å². The van der Waals surface area contributed by atoms with E-state index >= 15 is 0 Å². The van der Waals surface area contributed by atoms with Gasteiger partial charge in [0, 0.05) is 5.56 Å². The van der Waals surface area contributed by atoms with Crippen molar-refractivity contribution in [3.8, 4) is 0 Å². The molecule has 3 atom stereocenters. The summed E-state index contributed by atoms with van der Waals surface area (Å²) in [5, 5.41) is 21.8. The Hall–Kier alpha value is -1.60. The minimum absolute atomic E-state index is 0.0789. The molecular formula is C14H16F3NO3. The van der Waals surface area contributed by atoms with Gasteiger partial charge in [0.2, 0.25) is 0 Å². The molecule has 3 N–H and O–H groups in total.